The van der Waals surface area contributed by atoms with Gasteiger partial charge in [0.1, 0.15) is 11.5 Å². The third kappa shape index (κ3) is 4.25. The molecule has 0 spiro atoms. The van der Waals surface area contributed by atoms with Gasteiger partial charge < -0.3 is 15.4 Å². The first-order chi connectivity index (χ1) is 14.3. The minimum absolute atomic E-state index is 0.0502. The van der Waals surface area contributed by atoms with Gasteiger partial charge in [0.25, 0.3) is 5.91 Å². The van der Waals surface area contributed by atoms with Gasteiger partial charge in [0.05, 0.1) is 5.56 Å². The van der Waals surface area contributed by atoms with Gasteiger partial charge in [-0.15, -0.1) is 0 Å². The van der Waals surface area contributed by atoms with Crippen molar-refractivity contribution in [2.45, 2.75) is 19.1 Å². The molecule has 2 N–H and O–H groups in total. The van der Waals surface area contributed by atoms with Crippen molar-refractivity contribution in [3.05, 3.63) is 89.0 Å². The molecule has 1 aliphatic heterocycles. The molecular formula is C23H19F3N2O2. The van der Waals surface area contributed by atoms with Crippen LogP contribution in [-0.4, -0.2) is 17.4 Å². The second-order valence-electron chi connectivity index (χ2n) is 7.15. The van der Waals surface area contributed by atoms with Gasteiger partial charge >= 0.3 is 6.18 Å². The molecule has 0 saturated carbocycles. The summed E-state index contributed by atoms with van der Waals surface area (Å²) in [5, 5.41) is 0. The molecule has 1 amide bonds. The van der Waals surface area contributed by atoms with Crippen molar-refractivity contribution in [1.82, 2.24) is 4.90 Å². The molecule has 154 valence electrons. The SMILES string of the molecule is Nc1ccc(C(=O)N2CCc3cc(Oc4ccc(C(F)(F)F)cc4)ccc3C2)cc1. The topological polar surface area (TPSA) is 55.6 Å². The maximum absolute atomic E-state index is 12.7. The van der Waals surface area contributed by atoms with Gasteiger partial charge in [0.15, 0.2) is 0 Å². The van der Waals surface area contributed by atoms with E-state index in [-0.39, 0.29) is 5.91 Å². The Hall–Kier alpha value is -3.48. The number of halogens is 3. The van der Waals surface area contributed by atoms with Gasteiger partial charge in [-0.1, -0.05) is 6.07 Å². The molecule has 0 radical (unpaired) electrons. The number of anilines is 1. The van der Waals surface area contributed by atoms with E-state index in [1.165, 1.54) is 12.1 Å². The van der Waals surface area contributed by atoms with Crippen LogP contribution in [-0.2, 0) is 19.1 Å². The number of nitrogens with two attached hydrogens (primary N) is 1. The molecule has 4 rings (SSSR count). The Morgan fingerprint density at radius 1 is 0.900 bits per heavy atom. The van der Waals surface area contributed by atoms with Crippen molar-refractivity contribution in [3.8, 4) is 11.5 Å². The highest BCUT2D eigenvalue weighted by Gasteiger charge is 2.30. The molecule has 1 heterocycles. The zero-order valence-electron chi connectivity index (χ0n) is 15.9. The lowest BCUT2D eigenvalue weighted by Crippen LogP contribution is -2.35. The fraction of sp³-hybridized carbons (Fsp3) is 0.174. The molecule has 30 heavy (non-hydrogen) atoms. The fourth-order valence-electron chi connectivity index (χ4n) is 3.42. The van der Waals surface area contributed by atoms with E-state index in [9.17, 15) is 18.0 Å². The van der Waals surface area contributed by atoms with Crippen LogP contribution >= 0.6 is 0 Å². The normalized spacial score (nSPS) is 13.6. The Morgan fingerprint density at radius 3 is 2.23 bits per heavy atom. The number of nitrogen functional groups attached to an aromatic ring is 1. The molecular weight excluding hydrogens is 393 g/mol. The molecule has 0 saturated heterocycles. The van der Waals surface area contributed by atoms with Crippen LogP contribution in [0.5, 0.6) is 11.5 Å². The molecule has 0 unspecified atom stereocenters. The van der Waals surface area contributed by atoms with Gasteiger partial charge in [-0.05, 0) is 78.2 Å². The van der Waals surface area contributed by atoms with E-state index < -0.39 is 11.7 Å². The number of benzene rings is 3. The quantitative estimate of drug-likeness (QED) is 0.596. The number of fused-ring (bicyclic) bond motifs is 1. The highest BCUT2D eigenvalue weighted by Crippen LogP contribution is 2.32. The Kier molecular flexibility index (Phi) is 5.11. The monoisotopic (exact) mass is 412 g/mol. The maximum Gasteiger partial charge on any atom is 0.416 e. The summed E-state index contributed by atoms with van der Waals surface area (Å²) >= 11 is 0. The number of nitrogens with zero attached hydrogens (tertiary/aromatic N) is 1. The smallest absolute Gasteiger partial charge is 0.416 e. The number of amides is 1. The molecule has 0 bridgehead atoms. The van der Waals surface area contributed by atoms with Crippen LogP contribution in [0.4, 0.5) is 18.9 Å². The summed E-state index contributed by atoms with van der Waals surface area (Å²) in [4.78, 5) is 14.5. The van der Waals surface area contributed by atoms with Crippen LogP contribution in [0.25, 0.3) is 0 Å². The summed E-state index contributed by atoms with van der Waals surface area (Å²) in [6, 6.07) is 16.9. The van der Waals surface area contributed by atoms with Crippen molar-refractivity contribution < 1.29 is 22.7 Å². The maximum atomic E-state index is 12.7. The Bertz CT molecular complexity index is 1060. The first kappa shape index (κ1) is 19.8. The van der Waals surface area contributed by atoms with Gasteiger partial charge in [0.2, 0.25) is 0 Å². The highest BCUT2D eigenvalue weighted by molar-refractivity contribution is 5.94. The van der Waals surface area contributed by atoms with Crippen molar-refractivity contribution in [3.63, 3.8) is 0 Å². The zero-order chi connectivity index (χ0) is 21.3. The predicted molar refractivity (Wildman–Crippen MR) is 107 cm³/mol. The molecule has 1 aliphatic rings. The number of carbonyl (C=O) groups excluding carboxylic acids is 1. The molecule has 0 aromatic heterocycles. The zero-order valence-corrected chi connectivity index (χ0v) is 15.9. The van der Waals surface area contributed by atoms with E-state index in [0.29, 0.717) is 42.3 Å². The van der Waals surface area contributed by atoms with Crippen LogP contribution < -0.4 is 10.5 Å². The Morgan fingerprint density at radius 2 is 1.57 bits per heavy atom. The van der Waals surface area contributed by atoms with Crippen molar-refractivity contribution in [2.24, 2.45) is 0 Å². The minimum atomic E-state index is -4.37. The van der Waals surface area contributed by atoms with Crippen LogP contribution in [0.3, 0.4) is 0 Å². The fourth-order valence-corrected chi connectivity index (χ4v) is 3.42. The summed E-state index contributed by atoms with van der Waals surface area (Å²) in [6.07, 6.45) is -3.71. The van der Waals surface area contributed by atoms with E-state index in [0.717, 1.165) is 23.3 Å². The molecule has 0 atom stereocenters. The minimum Gasteiger partial charge on any atom is -0.457 e. The molecule has 3 aromatic carbocycles. The number of alkyl halides is 3. The standard InChI is InChI=1S/C23H19F3N2O2/c24-23(25,26)18-4-9-20(10-5-18)30-21-8-3-17-14-28(12-11-16(17)13-21)22(29)15-1-6-19(27)7-2-15/h1-10,13H,11-12,14,27H2. The van der Waals surface area contributed by atoms with Crippen molar-refractivity contribution in [2.75, 3.05) is 12.3 Å². The second-order valence-corrected chi connectivity index (χ2v) is 7.15. The first-order valence-corrected chi connectivity index (χ1v) is 9.41. The Balaban J connectivity index is 1.45. The summed E-state index contributed by atoms with van der Waals surface area (Å²) in [5.41, 5.74) is 8.24. The third-order valence-corrected chi connectivity index (χ3v) is 5.05. The average molecular weight is 412 g/mol. The van der Waals surface area contributed by atoms with E-state index in [2.05, 4.69) is 0 Å². The van der Waals surface area contributed by atoms with E-state index in [1.807, 2.05) is 12.1 Å². The largest absolute Gasteiger partial charge is 0.457 e. The molecule has 3 aromatic rings. The lowest BCUT2D eigenvalue weighted by Gasteiger charge is -2.29. The van der Waals surface area contributed by atoms with Crippen molar-refractivity contribution >= 4 is 11.6 Å². The number of carbonyl (C=O) groups is 1. The molecule has 7 heteroatoms. The third-order valence-electron chi connectivity index (χ3n) is 5.05. The number of rotatable bonds is 3. The molecule has 0 aliphatic carbocycles. The van der Waals surface area contributed by atoms with Crippen LogP contribution in [0.1, 0.15) is 27.0 Å². The highest BCUT2D eigenvalue weighted by atomic mass is 19.4. The van der Waals surface area contributed by atoms with E-state index >= 15 is 0 Å². The van der Waals surface area contributed by atoms with Crippen LogP contribution in [0.15, 0.2) is 66.7 Å². The summed E-state index contributed by atoms with van der Waals surface area (Å²) in [7, 11) is 0. The van der Waals surface area contributed by atoms with Crippen molar-refractivity contribution in [1.29, 1.82) is 0 Å². The first-order valence-electron chi connectivity index (χ1n) is 9.41. The van der Waals surface area contributed by atoms with Crippen LogP contribution in [0, 0.1) is 0 Å². The lowest BCUT2D eigenvalue weighted by molar-refractivity contribution is -0.137. The van der Waals surface area contributed by atoms with Crippen LogP contribution in [0.2, 0.25) is 0 Å². The van der Waals surface area contributed by atoms with Gasteiger partial charge in [-0.2, -0.15) is 13.2 Å². The Labute approximate surface area is 171 Å². The lowest BCUT2D eigenvalue weighted by atomic mass is 9.98. The summed E-state index contributed by atoms with van der Waals surface area (Å²) < 4.78 is 43.7. The predicted octanol–water partition coefficient (Wildman–Crippen LogP) is 5.28. The van der Waals surface area contributed by atoms with Gasteiger partial charge in [-0.3, -0.25) is 4.79 Å². The second kappa shape index (κ2) is 7.74. The summed E-state index contributed by atoms with van der Waals surface area (Å²) in [5.74, 6) is 0.830. The van der Waals surface area contributed by atoms with Gasteiger partial charge in [0, 0.05) is 24.3 Å². The average Bonchev–Trinajstić information content (AvgIpc) is 2.73. The number of ether oxygens (including phenoxy) is 1. The van der Waals surface area contributed by atoms with E-state index in [1.54, 1.807) is 35.2 Å². The van der Waals surface area contributed by atoms with Gasteiger partial charge in [-0.25, -0.2) is 0 Å². The summed E-state index contributed by atoms with van der Waals surface area (Å²) in [6.45, 7) is 1.05. The molecule has 0 fully saturated rings. The molecule has 4 nitrogen and oxygen atoms in total. The number of hydrogen-bond acceptors (Lipinski definition) is 3. The van der Waals surface area contributed by atoms with E-state index in [4.69, 9.17) is 10.5 Å². The number of hydrogen-bond donors (Lipinski definition) is 1.